The quantitative estimate of drug-likeness (QED) is 0.641. The van der Waals surface area contributed by atoms with E-state index in [1.54, 1.807) is 17.2 Å². The van der Waals surface area contributed by atoms with Crippen LogP contribution in [0.2, 0.25) is 0 Å². The lowest BCUT2D eigenvalue weighted by Gasteiger charge is -2.22. The second-order valence-corrected chi connectivity index (χ2v) is 8.73. The van der Waals surface area contributed by atoms with Crippen LogP contribution in [0.1, 0.15) is 55.3 Å². The van der Waals surface area contributed by atoms with Gasteiger partial charge < -0.3 is 10.2 Å². The lowest BCUT2D eigenvalue weighted by molar-refractivity contribution is -0.121. The maximum atomic E-state index is 13.2. The molecule has 0 saturated heterocycles. The minimum absolute atomic E-state index is 0.0541. The summed E-state index contributed by atoms with van der Waals surface area (Å²) in [5, 5.41) is 3.76. The first kappa shape index (κ1) is 20.7. The van der Waals surface area contributed by atoms with Gasteiger partial charge in [-0.15, -0.1) is 0 Å². The van der Waals surface area contributed by atoms with E-state index in [1.807, 2.05) is 30.3 Å². The highest BCUT2D eigenvalue weighted by Gasteiger charge is 2.27. The molecule has 1 aliphatic heterocycles. The molecule has 0 radical (unpaired) electrons. The van der Waals surface area contributed by atoms with Crippen LogP contribution in [0.5, 0.6) is 0 Å². The van der Waals surface area contributed by atoms with Crippen LogP contribution in [-0.2, 0) is 4.79 Å². The molecule has 1 N–H and O–H groups in total. The summed E-state index contributed by atoms with van der Waals surface area (Å²) < 4.78 is 0. The molecule has 0 spiro atoms. The molecule has 0 saturated carbocycles. The summed E-state index contributed by atoms with van der Waals surface area (Å²) in [7, 11) is 0. The highest BCUT2D eigenvalue weighted by molar-refractivity contribution is 7.99. The predicted octanol–water partition coefficient (Wildman–Crippen LogP) is 4.98. The Morgan fingerprint density at radius 2 is 2.07 bits per heavy atom. The van der Waals surface area contributed by atoms with Crippen molar-refractivity contribution in [3.8, 4) is 0 Å². The van der Waals surface area contributed by atoms with Gasteiger partial charge in [-0.05, 0) is 62.8 Å². The number of nitrogens with one attached hydrogen (secondary N) is 1. The van der Waals surface area contributed by atoms with Crippen molar-refractivity contribution in [3.63, 3.8) is 0 Å². The fourth-order valence-electron chi connectivity index (χ4n) is 3.96. The van der Waals surface area contributed by atoms with Crippen molar-refractivity contribution in [2.24, 2.45) is 0 Å². The van der Waals surface area contributed by atoms with Gasteiger partial charge >= 0.3 is 0 Å². The highest BCUT2D eigenvalue weighted by atomic mass is 32.2. The third-order valence-electron chi connectivity index (χ3n) is 5.55. The Labute approximate surface area is 182 Å². The van der Waals surface area contributed by atoms with Crippen molar-refractivity contribution in [3.05, 3.63) is 59.8 Å². The van der Waals surface area contributed by atoms with E-state index < -0.39 is 0 Å². The van der Waals surface area contributed by atoms with Gasteiger partial charge in [0.15, 0.2) is 0 Å². The van der Waals surface area contributed by atoms with Crippen molar-refractivity contribution in [2.75, 3.05) is 18.0 Å². The number of benzene rings is 1. The summed E-state index contributed by atoms with van der Waals surface area (Å²) in [6, 6.07) is 11.5. The molecule has 1 aromatic carbocycles. The van der Waals surface area contributed by atoms with E-state index in [4.69, 9.17) is 0 Å². The predicted molar refractivity (Wildman–Crippen MR) is 120 cm³/mol. The van der Waals surface area contributed by atoms with Crippen molar-refractivity contribution < 1.29 is 9.59 Å². The maximum absolute atomic E-state index is 13.2. The molecule has 2 aromatic rings. The van der Waals surface area contributed by atoms with Gasteiger partial charge in [0.1, 0.15) is 5.03 Å². The normalized spacial score (nSPS) is 15.7. The average Bonchev–Trinajstić information content (AvgIpc) is 2.89. The minimum Gasteiger partial charge on any atom is -0.356 e. The van der Waals surface area contributed by atoms with Crippen molar-refractivity contribution in [1.29, 1.82) is 0 Å². The average molecular weight is 422 g/mol. The number of aromatic nitrogens is 1. The summed E-state index contributed by atoms with van der Waals surface area (Å²) >= 11 is 1.52. The summed E-state index contributed by atoms with van der Waals surface area (Å²) in [6.45, 7) is 1.20. The van der Waals surface area contributed by atoms with E-state index in [9.17, 15) is 9.59 Å². The lowest BCUT2D eigenvalue weighted by Crippen LogP contribution is -2.33. The zero-order valence-corrected chi connectivity index (χ0v) is 17.9. The Bertz CT molecular complexity index is 957. The first-order chi connectivity index (χ1) is 14.7. The first-order valence-electron chi connectivity index (χ1n) is 10.7. The maximum Gasteiger partial charge on any atom is 0.261 e. The van der Waals surface area contributed by atoms with Crippen LogP contribution < -0.4 is 10.2 Å². The van der Waals surface area contributed by atoms with Gasteiger partial charge in [-0.2, -0.15) is 0 Å². The van der Waals surface area contributed by atoms with E-state index >= 15 is 0 Å². The zero-order valence-electron chi connectivity index (χ0n) is 17.1. The van der Waals surface area contributed by atoms with Gasteiger partial charge in [0.2, 0.25) is 5.91 Å². The van der Waals surface area contributed by atoms with E-state index in [-0.39, 0.29) is 11.8 Å². The number of para-hydroxylation sites is 1. The van der Waals surface area contributed by atoms with Crippen molar-refractivity contribution in [1.82, 2.24) is 10.3 Å². The molecule has 5 nitrogen and oxygen atoms in total. The number of anilines is 1. The molecule has 1 aromatic heterocycles. The Morgan fingerprint density at radius 3 is 2.93 bits per heavy atom. The number of allylic oxidation sites excluding steroid dienone is 1. The first-order valence-corrected chi connectivity index (χ1v) is 11.5. The molecule has 0 unspecified atom stereocenters. The second kappa shape index (κ2) is 9.94. The molecule has 1 aliphatic carbocycles. The zero-order chi connectivity index (χ0) is 20.8. The Balaban J connectivity index is 1.34. The summed E-state index contributed by atoms with van der Waals surface area (Å²) in [6.07, 6.45) is 10.9. The molecule has 0 bridgehead atoms. The van der Waals surface area contributed by atoms with Crippen molar-refractivity contribution in [2.45, 2.75) is 54.9 Å². The number of carbonyl (C=O) groups is 2. The van der Waals surface area contributed by atoms with Gasteiger partial charge in [-0.3, -0.25) is 9.59 Å². The van der Waals surface area contributed by atoms with Crippen molar-refractivity contribution >= 4 is 29.3 Å². The standard InChI is InChI=1S/C24H27N3O2S/c28-22(25-16-14-18-8-2-1-3-9-18)13-7-17-27-20-11-4-5-12-21(20)30-23-19(24(27)29)10-6-15-26-23/h4-6,8,10-12,15H,1-3,7,9,13-14,16-17H2,(H,25,28). The summed E-state index contributed by atoms with van der Waals surface area (Å²) in [5.41, 5.74) is 2.97. The second-order valence-electron chi connectivity index (χ2n) is 7.69. The summed E-state index contributed by atoms with van der Waals surface area (Å²) in [5.74, 6) is -0.00130. The number of nitrogens with zero attached hydrogens (tertiary/aromatic N) is 2. The third-order valence-corrected chi connectivity index (χ3v) is 6.63. The molecule has 2 aliphatic rings. The van der Waals surface area contributed by atoms with Gasteiger partial charge in [0.05, 0.1) is 11.3 Å². The van der Waals surface area contributed by atoms with E-state index in [2.05, 4.69) is 16.4 Å². The van der Waals surface area contributed by atoms with Crippen LogP contribution in [0, 0.1) is 0 Å². The molecular formula is C24H27N3O2S. The fraction of sp³-hybridized carbons (Fsp3) is 0.375. The van der Waals surface area contributed by atoms with E-state index in [0.717, 1.165) is 22.0 Å². The molecule has 156 valence electrons. The Kier molecular flexibility index (Phi) is 6.84. The third kappa shape index (κ3) is 4.93. The van der Waals surface area contributed by atoms with Gasteiger partial charge in [0.25, 0.3) is 5.91 Å². The Hall–Kier alpha value is -2.60. The molecular weight excluding hydrogens is 394 g/mol. The minimum atomic E-state index is -0.0554. The highest BCUT2D eigenvalue weighted by Crippen LogP contribution is 2.40. The molecule has 0 fully saturated rings. The number of hydrogen-bond donors (Lipinski definition) is 1. The number of carbonyl (C=O) groups excluding carboxylic acids is 2. The molecule has 2 amide bonds. The largest absolute Gasteiger partial charge is 0.356 e. The van der Waals surface area contributed by atoms with Gasteiger partial charge in [-0.1, -0.05) is 35.5 Å². The number of amides is 2. The van der Waals surface area contributed by atoms with Crippen LogP contribution in [0.4, 0.5) is 5.69 Å². The Morgan fingerprint density at radius 1 is 1.17 bits per heavy atom. The number of hydrogen-bond acceptors (Lipinski definition) is 4. The molecule has 30 heavy (non-hydrogen) atoms. The molecule has 0 atom stereocenters. The van der Waals surface area contributed by atoms with Gasteiger partial charge in [-0.25, -0.2) is 4.98 Å². The van der Waals surface area contributed by atoms with Crippen LogP contribution in [0.25, 0.3) is 0 Å². The van der Waals surface area contributed by atoms with E-state index in [1.165, 1.54) is 43.0 Å². The molecule has 6 heteroatoms. The summed E-state index contributed by atoms with van der Waals surface area (Å²) in [4.78, 5) is 32.6. The van der Waals surface area contributed by atoms with Gasteiger partial charge in [0, 0.05) is 30.6 Å². The number of pyridine rings is 1. The van der Waals surface area contributed by atoms with Crippen LogP contribution >= 0.6 is 11.8 Å². The number of fused-ring (bicyclic) bond motifs is 2. The SMILES string of the molecule is O=C(CCCN1C(=O)c2cccnc2Sc2ccccc21)NCCC1=CCCCC1. The molecule has 2 heterocycles. The topological polar surface area (TPSA) is 62.3 Å². The fourth-order valence-corrected chi connectivity index (χ4v) is 4.98. The smallest absolute Gasteiger partial charge is 0.261 e. The monoisotopic (exact) mass is 421 g/mol. The van der Waals surface area contributed by atoms with Crippen LogP contribution in [0.15, 0.2) is 64.2 Å². The van der Waals surface area contributed by atoms with Crippen LogP contribution in [0.3, 0.4) is 0 Å². The lowest BCUT2D eigenvalue weighted by atomic mass is 9.97. The number of rotatable bonds is 7. The van der Waals surface area contributed by atoms with E-state index in [0.29, 0.717) is 31.5 Å². The molecule has 4 rings (SSSR count). The van der Waals surface area contributed by atoms with Crippen LogP contribution in [-0.4, -0.2) is 29.9 Å².